The van der Waals surface area contributed by atoms with Crippen LogP contribution in [0.1, 0.15) is 0 Å². The summed E-state index contributed by atoms with van der Waals surface area (Å²) in [7, 11) is 0. The first kappa shape index (κ1) is 10.6. The van der Waals surface area contributed by atoms with E-state index in [4.69, 9.17) is 16.2 Å². The highest BCUT2D eigenvalue weighted by atomic mass is 16.5. The van der Waals surface area contributed by atoms with Gasteiger partial charge in [-0.05, 0) is 6.07 Å². The second-order valence-corrected chi connectivity index (χ2v) is 3.47. The summed E-state index contributed by atoms with van der Waals surface area (Å²) in [5.74, 6) is 0.317. The maximum absolute atomic E-state index is 11.2. The van der Waals surface area contributed by atoms with E-state index in [0.29, 0.717) is 24.9 Å². The molecule has 0 aliphatic carbocycles. The number of ether oxygens (including phenoxy) is 1. The van der Waals surface area contributed by atoms with Crippen LogP contribution in [0.3, 0.4) is 0 Å². The summed E-state index contributed by atoms with van der Waals surface area (Å²) in [5.41, 5.74) is 10.8. The van der Waals surface area contributed by atoms with Gasteiger partial charge in [0.25, 0.3) is 0 Å². The molecule has 0 saturated carbocycles. The van der Waals surface area contributed by atoms with Crippen LogP contribution in [0.25, 0.3) is 0 Å². The van der Waals surface area contributed by atoms with Gasteiger partial charge in [-0.1, -0.05) is 0 Å². The van der Waals surface area contributed by atoms with Crippen LogP contribution in [0.15, 0.2) is 12.3 Å². The quantitative estimate of drug-likeness (QED) is 0.648. The Bertz CT molecular complexity index is 397. The Morgan fingerprint density at radius 2 is 2.44 bits per heavy atom. The van der Waals surface area contributed by atoms with Gasteiger partial charge in [-0.15, -0.1) is 0 Å². The lowest BCUT2D eigenvalue weighted by molar-refractivity contribution is -0.121. The van der Waals surface area contributed by atoms with Gasteiger partial charge >= 0.3 is 0 Å². The Hall–Kier alpha value is -1.89. The predicted molar refractivity (Wildman–Crippen MR) is 57.6 cm³/mol. The van der Waals surface area contributed by atoms with Gasteiger partial charge in [0, 0.05) is 12.7 Å². The molecule has 1 aromatic rings. The fraction of sp³-hybridized carbons (Fsp3) is 0.444. The second-order valence-electron chi connectivity index (χ2n) is 3.47. The Balaban J connectivity index is 2.26. The lowest BCUT2D eigenvalue weighted by Crippen LogP contribution is -2.53. The van der Waals surface area contributed by atoms with Crippen LogP contribution in [0.5, 0.6) is 0 Å². The van der Waals surface area contributed by atoms with Crippen LogP contribution >= 0.6 is 0 Å². The molecule has 16 heavy (non-hydrogen) atoms. The zero-order valence-corrected chi connectivity index (χ0v) is 8.67. The molecule has 0 bridgehead atoms. The van der Waals surface area contributed by atoms with Crippen molar-refractivity contribution >= 4 is 17.7 Å². The summed E-state index contributed by atoms with van der Waals surface area (Å²) in [6.07, 6.45) is 1.55. The van der Waals surface area contributed by atoms with Crippen LogP contribution in [-0.2, 0) is 9.53 Å². The molecule has 1 aromatic heterocycles. The molecule has 1 atom stereocenters. The lowest BCUT2D eigenvalue weighted by Gasteiger charge is -2.33. The molecule has 1 amide bonds. The number of nitrogen functional groups attached to an aromatic ring is 1. The summed E-state index contributed by atoms with van der Waals surface area (Å²) in [5, 5.41) is 0. The Morgan fingerprint density at radius 1 is 1.62 bits per heavy atom. The molecule has 1 fully saturated rings. The SMILES string of the molecule is NC(=O)C1COCCN1c1nccc(N)n1. The summed E-state index contributed by atoms with van der Waals surface area (Å²) >= 11 is 0. The van der Waals surface area contributed by atoms with Crippen molar-refractivity contribution in [1.29, 1.82) is 0 Å². The average molecular weight is 223 g/mol. The first-order valence-corrected chi connectivity index (χ1v) is 4.90. The van der Waals surface area contributed by atoms with Crippen molar-refractivity contribution in [3.8, 4) is 0 Å². The molecule has 7 nitrogen and oxygen atoms in total. The Morgan fingerprint density at radius 3 is 3.12 bits per heavy atom. The van der Waals surface area contributed by atoms with Crippen molar-refractivity contribution in [2.24, 2.45) is 5.73 Å². The smallest absolute Gasteiger partial charge is 0.242 e. The van der Waals surface area contributed by atoms with Gasteiger partial charge in [0.1, 0.15) is 11.9 Å². The zero-order chi connectivity index (χ0) is 11.5. The van der Waals surface area contributed by atoms with Crippen LogP contribution in [0.2, 0.25) is 0 Å². The minimum Gasteiger partial charge on any atom is -0.384 e. The van der Waals surface area contributed by atoms with Crippen molar-refractivity contribution < 1.29 is 9.53 Å². The second kappa shape index (κ2) is 4.31. The number of rotatable bonds is 2. The first-order valence-electron chi connectivity index (χ1n) is 4.90. The summed E-state index contributed by atoms with van der Waals surface area (Å²) < 4.78 is 5.20. The maximum atomic E-state index is 11.2. The Kier molecular flexibility index (Phi) is 2.86. The third-order valence-corrected chi connectivity index (χ3v) is 2.38. The molecule has 0 spiro atoms. The van der Waals surface area contributed by atoms with Crippen molar-refractivity contribution in [2.45, 2.75) is 6.04 Å². The summed E-state index contributed by atoms with van der Waals surface area (Å²) in [6.45, 7) is 1.30. The lowest BCUT2D eigenvalue weighted by atomic mass is 10.2. The van der Waals surface area contributed by atoms with Gasteiger partial charge in [-0.3, -0.25) is 4.79 Å². The van der Waals surface area contributed by atoms with E-state index in [1.165, 1.54) is 0 Å². The highest BCUT2D eigenvalue weighted by molar-refractivity contribution is 5.83. The summed E-state index contributed by atoms with van der Waals surface area (Å²) in [4.78, 5) is 21.1. The van der Waals surface area contributed by atoms with E-state index in [0.717, 1.165) is 0 Å². The fourth-order valence-corrected chi connectivity index (χ4v) is 1.58. The van der Waals surface area contributed by atoms with Crippen molar-refractivity contribution in [3.63, 3.8) is 0 Å². The van der Waals surface area contributed by atoms with Gasteiger partial charge in [0.15, 0.2) is 0 Å². The number of primary amides is 1. The number of amides is 1. The minimum atomic E-state index is -0.532. The summed E-state index contributed by atoms with van der Waals surface area (Å²) in [6, 6.07) is 1.05. The van der Waals surface area contributed by atoms with Crippen LogP contribution < -0.4 is 16.4 Å². The van der Waals surface area contributed by atoms with Gasteiger partial charge in [-0.25, -0.2) is 4.98 Å². The molecular formula is C9H13N5O2. The van der Waals surface area contributed by atoms with E-state index in [2.05, 4.69) is 9.97 Å². The topological polar surface area (TPSA) is 107 Å². The molecule has 1 aliphatic rings. The minimum absolute atomic E-state index is 0.257. The Labute approximate surface area is 92.4 Å². The third kappa shape index (κ3) is 2.03. The highest BCUT2D eigenvalue weighted by Gasteiger charge is 2.29. The molecule has 1 unspecified atom stereocenters. The molecule has 1 aliphatic heterocycles. The molecule has 2 rings (SSSR count). The number of nitrogens with zero attached hydrogens (tertiary/aromatic N) is 3. The average Bonchev–Trinajstić information content (AvgIpc) is 2.29. The maximum Gasteiger partial charge on any atom is 0.242 e. The third-order valence-electron chi connectivity index (χ3n) is 2.38. The number of morpholine rings is 1. The molecule has 4 N–H and O–H groups in total. The van der Waals surface area contributed by atoms with Crippen LogP contribution in [0.4, 0.5) is 11.8 Å². The van der Waals surface area contributed by atoms with E-state index >= 15 is 0 Å². The first-order chi connectivity index (χ1) is 7.68. The highest BCUT2D eigenvalue weighted by Crippen LogP contribution is 2.15. The van der Waals surface area contributed by atoms with Gasteiger partial charge in [-0.2, -0.15) is 4.98 Å². The molecule has 7 heteroatoms. The number of carbonyl (C=O) groups is 1. The molecule has 86 valence electrons. The van der Waals surface area contributed by atoms with Crippen molar-refractivity contribution in [2.75, 3.05) is 30.4 Å². The zero-order valence-electron chi connectivity index (χ0n) is 8.67. The van der Waals surface area contributed by atoms with Crippen LogP contribution in [0, 0.1) is 0 Å². The molecule has 0 aromatic carbocycles. The van der Waals surface area contributed by atoms with E-state index < -0.39 is 11.9 Å². The van der Waals surface area contributed by atoms with Gasteiger partial charge in [0.05, 0.1) is 13.2 Å². The number of hydrogen-bond acceptors (Lipinski definition) is 6. The number of anilines is 2. The largest absolute Gasteiger partial charge is 0.384 e. The van der Waals surface area contributed by atoms with E-state index in [1.807, 2.05) is 0 Å². The molecule has 1 saturated heterocycles. The predicted octanol–water partition coefficient (Wildman–Crippen LogP) is -1.25. The van der Waals surface area contributed by atoms with Crippen molar-refractivity contribution in [3.05, 3.63) is 12.3 Å². The molecule has 0 radical (unpaired) electrons. The number of hydrogen-bond donors (Lipinski definition) is 2. The van der Waals surface area contributed by atoms with Gasteiger partial charge in [0.2, 0.25) is 11.9 Å². The van der Waals surface area contributed by atoms with E-state index in [9.17, 15) is 4.79 Å². The molecular weight excluding hydrogens is 210 g/mol. The molecule has 2 heterocycles. The van der Waals surface area contributed by atoms with Crippen molar-refractivity contribution in [1.82, 2.24) is 9.97 Å². The number of nitrogens with two attached hydrogens (primary N) is 2. The standard InChI is InChI=1S/C9H13N5O2/c10-7-1-2-12-9(13-7)14-3-4-16-5-6(14)8(11)15/h1-2,6H,3-5H2,(H2,11,15)(H2,10,12,13). The number of aromatic nitrogens is 2. The number of carbonyl (C=O) groups excluding carboxylic acids is 1. The van der Waals surface area contributed by atoms with Gasteiger partial charge < -0.3 is 21.1 Å². The van der Waals surface area contributed by atoms with E-state index in [1.54, 1.807) is 17.2 Å². The normalized spacial score (nSPS) is 20.8. The monoisotopic (exact) mass is 223 g/mol. The fourth-order valence-electron chi connectivity index (χ4n) is 1.58. The van der Waals surface area contributed by atoms with Crippen LogP contribution in [-0.4, -0.2) is 41.7 Å². The van der Waals surface area contributed by atoms with E-state index in [-0.39, 0.29) is 6.61 Å².